The standard InChI is InChI=1S/C14H7F3N2O/c15-11-5-4-10(12(16)13(11)17)14(20)19-9-3-1-2-8(6-9)7-18/h1-6H,(H,19,20). The van der Waals surface area contributed by atoms with E-state index >= 15 is 0 Å². The highest BCUT2D eigenvalue weighted by molar-refractivity contribution is 6.04. The van der Waals surface area contributed by atoms with Gasteiger partial charge in [-0.1, -0.05) is 6.07 Å². The Balaban J connectivity index is 2.29. The molecule has 0 aliphatic carbocycles. The lowest BCUT2D eigenvalue weighted by atomic mass is 10.1. The smallest absolute Gasteiger partial charge is 0.258 e. The van der Waals surface area contributed by atoms with E-state index in [0.717, 1.165) is 6.07 Å². The summed E-state index contributed by atoms with van der Waals surface area (Å²) in [5.41, 5.74) is -0.0713. The molecule has 0 spiro atoms. The fourth-order valence-electron chi connectivity index (χ4n) is 1.57. The molecule has 0 saturated heterocycles. The van der Waals surface area contributed by atoms with Crippen molar-refractivity contribution in [2.45, 2.75) is 0 Å². The topological polar surface area (TPSA) is 52.9 Å². The lowest BCUT2D eigenvalue weighted by Gasteiger charge is -2.07. The van der Waals surface area contributed by atoms with Crippen molar-refractivity contribution < 1.29 is 18.0 Å². The van der Waals surface area contributed by atoms with Crippen molar-refractivity contribution in [2.75, 3.05) is 5.32 Å². The Bertz CT molecular complexity index is 723. The molecule has 2 aromatic rings. The number of hydrogen-bond acceptors (Lipinski definition) is 2. The lowest BCUT2D eigenvalue weighted by Crippen LogP contribution is -2.15. The number of carbonyl (C=O) groups excluding carboxylic acids is 1. The Hall–Kier alpha value is -2.81. The van der Waals surface area contributed by atoms with E-state index in [9.17, 15) is 18.0 Å². The second kappa shape index (κ2) is 5.45. The molecule has 20 heavy (non-hydrogen) atoms. The molecule has 0 unspecified atom stereocenters. The molecule has 0 aromatic heterocycles. The molecule has 3 nitrogen and oxygen atoms in total. The van der Waals surface area contributed by atoms with Gasteiger partial charge in [0, 0.05) is 5.69 Å². The Labute approximate surface area is 112 Å². The van der Waals surface area contributed by atoms with Gasteiger partial charge in [0.1, 0.15) is 0 Å². The van der Waals surface area contributed by atoms with Crippen molar-refractivity contribution in [2.24, 2.45) is 0 Å². The first-order chi connectivity index (χ1) is 9.52. The molecule has 0 bridgehead atoms. The molecule has 0 aliphatic rings. The molecule has 100 valence electrons. The van der Waals surface area contributed by atoms with Crippen LogP contribution in [-0.2, 0) is 0 Å². The van der Waals surface area contributed by atoms with Gasteiger partial charge in [-0.25, -0.2) is 13.2 Å². The zero-order valence-electron chi connectivity index (χ0n) is 9.95. The van der Waals surface area contributed by atoms with Gasteiger partial charge in [0.05, 0.1) is 17.2 Å². The van der Waals surface area contributed by atoms with E-state index < -0.39 is 28.9 Å². The molecule has 0 fully saturated rings. The van der Waals surface area contributed by atoms with Gasteiger partial charge in [-0.15, -0.1) is 0 Å². The molecule has 0 radical (unpaired) electrons. The van der Waals surface area contributed by atoms with Crippen LogP contribution in [0.3, 0.4) is 0 Å². The molecule has 1 amide bonds. The minimum atomic E-state index is -1.71. The van der Waals surface area contributed by atoms with E-state index in [-0.39, 0.29) is 5.69 Å². The zero-order valence-corrected chi connectivity index (χ0v) is 9.95. The normalized spacial score (nSPS) is 9.90. The van der Waals surface area contributed by atoms with Crippen LogP contribution in [0.2, 0.25) is 0 Å². The number of anilines is 1. The first-order valence-corrected chi connectivity index (χ1v) is 5.48. The Kier molecular flexibility index (Phi) is 3.71. The summed E-state index contributed by atoms with van der Waals surface area (Å²) in [6.45, 7) is 0. The number of nitrogens with zero attached hydrogens (tertiary/aromatic N) is 1. The minimum Gasteiger partial charge on any atom is -0.322 e. The SMILES string of the molecule is N#Cc1cccc(NC(=O)c2ccc(F)c(F)c2F)c1. The summed E-state index contributed by atoms with van der Waals surface area (Å²) >= 11 is 0. The van der Waals surface area contributed by atoms with Gasteiger partial charge < -0.3 is 5.32 Å². The van der Waals surface area contributed by atoms with Crippen molar-refractivity contribution in [3.63, 3.8) is 0 Å². The van der Waals surface area contributed by atoms with Gasteiger partial charge in [-0.3, -0.25) is 4.79 Å². The highest BCUT2D eigenvalue weighted by Gasteiger charge is 2.18. The van der Waals surface area contributed by atoms with E-state index in [2.05, 4.69) is 5.32 Å². The zero-order chi connectivity index (χ0) is 14.7. The summed E-state index contributed by atoms with van der Waals surface area (Å²) in [5, 5.41) is 11.0. The van der Waals surface area contributed by atoms with Crippen LogP contribution in [0.15, 0.2) is 36.4 Å². The third kappa shape index (κ3) is 2.62. The molecular weight excluding hydrogens is 269 g/mol. The molecule has 2 aromatic carbocycles. The van der Waals surface area contributed by atoms with Crippen LogP contribution in [-0.4, -0.2) is 5.91 Å². The highest BCUT2D eigenvalue weighted by atomic mass is 19.2. The summed E-state index contributed by atoms with van der Waals surface area (Å²) in [7, 11) is 0. The van der Waals surface area contributed by atoms with Crippen LogP contribution in [0.1, 0.15) is 15.9 Å². The van der Waals surface area contributed by atoms with Crippen LogP contribution < -0.4 is 5.32 Å². The van der Waals surface area contributed by atoms with Crippen molar-refractivity contribution >= 4 is 11.6 Å². The maximum atomic E-state index is 13.4. The number of amides is 1. The fourth-order valence-corrected chi connectivity index (χ4v) is 1.57. The predicted octanol–water partition coefficient (Wildman–Crippen LogP) is 3.23. The number of carbonyl (C=O) groups is 1. The monoisotopic (exact) mass is 276 g/mol. The second-order valence-electron chi connectivity index (χ2n) is 3.87. The fraction of sp³-hybridized carbons (Fsp3) is 0. The minimum absolute atomic E-state index is 0.248. The van der Waals surface area contributed by atoms with Crippen molar-refractivity contribution in [3.8, 4) is 6.07 Å². The van der Waals surface area contributed by atoms with Crippen LogP contribution in [0, 0.1) is 28.8 Å². The number of nitrogens with one attached hydrogen (secondary N) is 1. The summed E-state index contributed by atoms with van der Waals surface area (Å²) in [5.74, 6) is -5.57. The van der Waals surface area contributed by atoms with Crippen LogP contribution in [0.5, 0.6) is 0 Å². The van der Waals surface area contributed by atoms with Crippen molar-refractivity contribution in [3.05, 3.63) is 65.0 Å². The largest absolute Gasteiger partial charge is 0.322 e. The quantitative estimate of drug-likeness (QED) is 0.856. The number of benzene rings is 2. The van der Waals surface area contributed by atoms with Crippen LogP contribution >= 0.6 is 0 Å². The van der Waals surface area contributed by atoms with Crippen LogP contribution in [0.4, 0.5) is 18.9 Å². The average molecular weight is 276 g/mol. The number of hydrogen-bond donors (Lipinski definition) is 1. The predicted molar refractivity (Wildman–Crippen MR) is 65.4 cm³/mol. The first-order valence-electron chi connectivity index (χ1n) is 5.48. The van der Waals surface area contributed by atoms with Crippen LogP contribution in [0.25, 0.3) is 0 Å². The van der Waals surface area contributed by atoms with Gasteiger partial charge in [-0.2, -0.15) is 5.26 Å². The van der Waals surface area contributed by atoms with E-state index in [1.807, 2.05) is 6.07 Å². The number of halogens is 3. The van der Waals surface area contributed by atoms with Gasteiger partial charge in [-0.05, 0) is 30.3 Å². The molecule has 6 heteroatoms. The van der Waals surface area contributed by atoms with E-state index in [1.54, 1.807) is 0 Å². The van der Waals surface area contributed by atoms with E-state index in [4.69, 9.17) is 5.26 Å². The molecule has 0 heterocycles. The maximum absolute atomic E-state index is 13.4. The lowest BCUT2D eigenvalue weighted by molar-refractivity contribution is 0.102. The highest BCUT2D eigenvalue weighted by Crippen LogP contribution is 2.17. The number of nitriles is 1. The van der Waals surface area contributed by atoms with E-state index in [1.165, 1.54) is 24.3 Å². The summed E-state index contributed by atoms with van der Waals surface area (Å²) < 4.78 is 39.2. The van der Waals surface area contributed by atoms with E-state index in [0.29, 0.717) is 11.6 Å². The second-order valence-corrected chi connectivity index (χ2v) is 3.87. The third-order valence-electron chi connectivity index (χ3n) is 2.53. The van der Waals surface area contributed by atoms with Crippen molar-refractivity contribution in [1.29, 1.82) is 5.26 Å². The molecule has 1 N–H and O–H groups in total. The van der Waals surface area contributed by atoms with Gasteiger partial charge in [0.25, 0.3) is 5.91 Å². The molecule has 0 aliphatic heterocycles. The third-order valence-corrected chi connectivity index (χ3v) is 2.53. The first kappa shape index (κ1) is 13.6. The molecular formula is C14H7F3N2O. The Morgan fingerprint density at radius 3 is 2.55 bits per heavy atom. The molecule has 2 rings (SSSR count). The Morgan fingerprint density at radius 1 is 1.10 bits per heavy atom. The summed E-state index contributed by atoms with van der Waals surface area (Å²) in [6.07, 6.45) is 0. The maximum Gasteiger partial charge on any atom is 0.258 e. The van der Waals surface area contributed by atoms with Crippen molar-refractivity contribution in [1.82, 2.24) is 0 Å². The molecule has 0 saturated carbocycles. The average Bonchev–Trinajstić information content (AvgIpc) is 2.45. The summed E-state index contributed by atoms with van der Waals surface area (Å²) in [4.78, 5) is 11.8. The molecule has 0 atom stereocenters. The van der Waals surface area contributed by atoms with Gasteiger partial charge >= 0.3 is 0 Å². The summed E-state index contributed by atoms with van der Waals surface area (Å²) in [6, 6.07) is 9.28. The number of rotatable bonds is 2. The Morgan fingerprint density at radius 2 is 1.85 bits per heavy atom. The van der Waals surface area contributed by atoms with Gasteiger partial charge in [0.2, 0.25) is 0 Å². The van der Waals surface area contributed by atoms with Gasteiger partial charge in [0.15, 0.2) is 17.5 Å².